The summed E-state index contributed by atoms with van der Waals surface area (Å²) in [5.74, 6) is -0.325. The first-order valence-electron chi connectivity index (χ1n) is 5.72. The van der Waals surface area contributed by atoms with E-state index >= 15 is 0 Å². The van der Waals surface area contributed by atoms with Crippen LogP contribution < -0.4 is 4.90 Å². The van der Waals surface area contributed by atoms with Crippen LogP contribution in [0.4, 0.5) is 10.1 Å². The first-order valence-corrected chi connectivity index (χ1v) is 6.60. The Morgan fingerprint density at radius 3 is 2.58 bits per heavy atom. The van der Waals surface area contributed by atoms with Crippen molar-refractivity contribution in [3.63, 3.8) is 0 Å². The third-order valence-electron chi connectivity index (χ3n) is 2.89. The van der Waals surface area contributed by atoms with Crippen LogP contribution >= 0.6 is 11.8 Å². The van der Waals surface area contributed by atoms with Gasteiger partial charge in [-0.2, -0.15) is 5.26 Å². The minimum absolute atomic E-state index is 0.325. The topological polar surface area (TPSA) is 27.0 Å². The highest BCUT2D eigenvalue weighted by Gasteiger charge is 2.22. The third-order valence-corrected chi connectivity index (χ3v) is 3.83. The highest BCUT2D eigenvalue weighted by atomic mass is 32.2. The zero-order valence-corrected chi connectivity index (χ0v) is 10.7. The maximum Gasteiger partial charge on any atom is 0.189 e. The summed E-state index contributed by atoms with van der Waals surface area (Å²) >= 11 is 1.50. The fourth-order valence-electron chi connectivity index (χ4n) is 2.00. The van der Waals surface area contributed by atoms with Gasteiger partial charge in [0.25, 0.3) is 0 Å². The monoisotopic (exact) mass is 268 g/mol. The predicted molar refractivity (Wildman–Crippen MR) is 74.8 cm³/mol. The maximum atomic E-state index is 13.9. The highest BCUT2D eigenvalue weighted by Crippen LogP contribution is 2.41. The average Bonchev–Trinajstić information content (AvgIpc) is 2.46. The smallest absolute Gasteiger partial charge is 0.189 e. The van der Waals surface area contributed by atoms with Crippen molar-refractivity contribution in [1.82, 2.24) is 0 Å². The molecule has 19 heavy (non-hydrogen) atoms. The lowest BCUT2D eigenvalue weighted by Crippen LogP contribution is -2.18. The fourth-order valence-corrected chi connectivity index (χ4v) is 2.91. The van der Waals surface area contributed by atoms with E-state index in [-0.39, 0.29) is 5.82 Å². The van der Waals surface area contributed by atoms with Gasteiger partial charge in [0.1, 0.15) is 5.82 Å². The van der Waals surface area contributed by atoms with Gasteiger partial charge in [0.05, 0.1) is 11.4 Å². The molecule has 2 aromatic carbocycles. The Kier molecular flexibility index (Phi) is 2.98. The molecule has 1 heterocycles. The van der Waals surface area contributed by atoms with E-state index < -0.39 is 0 Å². The summed E-state index contributed by atoms with van der Waals surface area (Å²) in [5, 5.41) is 11.2. The van der Waals surface area contributed by atoms with E-state index in [9.17, 15) is 9.65 Å². The first-order chi connectivity index (χ1) is 9.31. The van der Waals surface area contributed by atoms with E-state index in [0.717, 1.165) is 10.6 Å². The second-order valence-corrected chi connectivity index (χ2v) is 4.92. The van der Waals surface area contributed by atoms with Crippen molar-refractivity contribution in [3.05, 3.63) is 65.3 Å². The summed E-state index contributed by atoms with van der Waals surface area (Å²) in [7, 11) is 0. The van der Waals surface area contributed by atoms with Crippen LogP contribution in [0.1, 0.15) is 5.56 Å². The molecule has 0 radical (unpaired) electrons. The van der Waals surface area contributed by atoms with E-state index in [4.69, 9.17) is 0 Å². The van der Waals surface area contributed by atoms with Gasteiger partial charge in [0.15, 0.2) is 6.19 Å². The summed E-state index contributed by atoms with van der Waals surface area (Å²) in [6, 6.07) is 14.1. The first kappa shape index (κ1) is 11.8. The number of hydrogen-bond donors (Lipinski definition) is 0. The summed E-state index contributed by atoms with van der Waals surface area (Å²) in [6.45, 7) is 0. The minimum Gasteiger partial charge on any atom is -0.245 e. The van der Waals surface area contributed by atoms with Crippen molar-refractivity contribution in [1.29, 1.82) is 5.26 Å². The van der Waals surface area contributed by atoms with Crippen LogP contribution in [0.2, 0.25) is 0 Å². The molecule has 1 aliphatic heterocycles. The van der Waals surface area contributed by atoms with Gasteiger partial charge in [-0.05, 0) is 24.3 Å². The van der Waals surface area contributed by atoms with Gasteiger partial charge in [0, 0.05) is 15.9 Å². The number of nitrogens with zero attached hydrogens (tertiary/aromatic N) is 2. The SMILES string of the molecule is N#CN1C(c2ccccc2F)=CSc2ccccc21. The van der Waals surface area contributed by atoms with Crippen LogP contribution in [-0.2, 0) is 0 Å². The lowest BCUT2D eigenvalue weighted by atomic mass is 10.1. The highest BCUT2D eigenvalue weighted by molar-refractivity contribution is 8.02. The van der Waals surface area contributed by atoms with Gasteiger partial charge in [-0.15, -0.1) is 0 Å². The van der Waals surface area contributed by atoms with E-state index in [0.29, 0.717) is 11.3 Å². The molecule has 0 saturated carbocycles. The molecule has 2 aromatic rings. The normalized spacial score (nSPS) is 13.5. The molecule has 4 heteroatoms. The van der Waals surface area contributed by atoms with Gasteiger partial charge in [-0.25, -0.2) is 9.29 Å². The van der Waals surface area contributed by atoms with Gasteiger partial charge < -0.3 is 0 Å². The molecule has 2 nitrogen and oxygen atoms in total. The molecular formula is C15H9FN2S. The molecule has 1 aliphatic rings. The molecule has 0 aliphatic carbocycles. The molecule has 0 bridgehead atoms. The Balaban J connectivity index is 2.13. The number of halogens is 1. The second-order valence-electron chi connectivity index (χ2n) is 4.00. The van der Waals surface area contributed by atoms with Crippen LogP contribution in [-0.4, -0.2) is 0 Å². The fraction of sp³-hybridized carbons (Fsp3) is 0. The summed E-state index contributed by atoms with van der Waals surface area (Å²) in [5.41, 5.74) is 1.80. The number of anilines is 1. The number of para-hydroxylation sites is 1. The van der Waals surface area contributed by atoms with Crippen LogP contribution in [0.25, 0.3) is 5.70 Å². The summed E-state index contributed by atoms with van der Waals surface area (Å²) < 4.78 is 13.9. The van der Waals surface area contributed by atoms with Crippen LogP contribution in [0, 0.1) is 17.3 Å². The van der Waals surface area contributed by atoms with E-state index in [1.807, 2.05) is 29.7 Å². The van der Waals surface area contributed by atoms with E-state index in [2.05, 4.69) is 6.19 Å². The Labute approximate surface area is 114 Å². The maximum absolute atomic E-state index is 13.9. The number of benzene rings is 2. The van der Waals surface area contributed by atoms with Crippen LogP contribution in [0.15, 0.2) is 58.8 Å². The molecule has 92 valence electrons. The molecule has 3 rings (SSSR count). The Morgan fingerprint density at radius 2 is 1.79 bits per heavy atom. The molecule has 0 aromatic heterocycles. The van der Waals surface area contributed by atoms with E-state index in [1.54, 1.807) is 18.2 Å². The van der Waals surface area contributed by atoms with Crippen molar-refractivity contribution in [2.24, 2.45) is 0 Å². The number of fused-ring (bicyclic) bond motifs is 1. The summed E-state index contributed by atoms with van der Waals surface area (Å²) in [4.78, 5) is 2.45. The second kappa shape index (κ2) is 4.79. The summed E-state index contributed by atoms with van der Waals surface area (Å²) in [6.07, 6.45) is 2.12. The van der Waals surface area contributed by atoms with Crippen molar-refractivity contribution >= 4 is 23.1 Å². The largest absolute Gasteiger partial charge is 0.245 e. The number of nitriles is 1. The zero-order chi connectivity index (χ0) is 13.2. The molecule has 0 fully saturated rings. The lowest BCUT2D eigenvalue weighted by molar-refractivity contribution is 0.623. The quantitative estimate of drug-likeness (QED) is 0.725. The Hall–Kier alpha value is -2.25. The standard InChI is InChI=1S/C15H9FN2S/c16-12-6-2-1-5-11(12)14-9-19-15-8-4-3-7-13(15)18(14)10-17/h1-9H. The molecular weight excluding hydrogens is 259 g/mol. The zero-order valence-electron chi connectivity index (χ0n) is 9.88. The number of hydrogen-bond acceptors (Lipinski definition) is 3. The molecule has 0 spiro atoms. The number of rotatable bonds is 1. The minimum atomic E-state index is -0.325. The third kappa shape index (κ3) is 1.98. The molecule has 0 amide bonds. The van der Waals surface area contributed by atoms with Gasteiger partial charge in [-0.3, -0.25) is 0 Å². The van der Waals surface area contributed by atoms with Crippen molar-refractivity contribution in [3.8, 4) is 6.19 Å². The molecule has 0 saturated heterocycles. The van der Waals surface area contributed by atoms with E-state index in [1.165, 1.54) is 22.7 Å². The molecule has 0 atom stereocenters. The number of thioether (sulfide) groups is 1. The van der Waals surface area contributed by atoms with Crippen molar-refractivity contribution in [2.45, 2.75) is 4.90 Å². The van der Waals surface area contributed by atoms with Gasteiger partial charge >= 0.3 is 0 Å². The lowest BCUT2D eigenvalue weighted by Gasteiger charge is -2.25. The van der Waals surface area contributed by atoms with Crippen LogP contribution in [0.3, 0.4) is 0 Å². The Morgan fingerprint density at radius 1 is 1.05 bits per heavy atom. The van der Waals surface area contributed by atoms with Crippen molar-refractivity contribution in [2.75, 3.05) is 4.90 Å². The van der Waals surface area contributed by atoms with Gasteiger partial charge in [0.2, 0.25) is 0 Å². The van der Waals surface area contributed by atoms with Crippen molar-refractivity contribution < 1.29 is 4.39 Å². The van der Waals surface area contributed by atoms with Gasteiger partial charge in [-0.1, -0.05) is 36.0 Å². The molecule has 0 N–H and O–H groups in total. The molecule has 0 unspecified atom stereocenters. The predicted octanol–water partition coefficient (Wildman–Crippen LogP) is 4.22. The Bertz CT molecular complexity index is 703. The average molecular weight is 268 g/mol. The van der Waals surface area contributed by atoms with Crippen LogP contribution in [0.5, 0.6) is 0 Å².